The van der Waals surface area contributed by atoms with Gasteiger partial charge in [-0.3, -0.25) is 0 Å². The van der Waals surface area contributed by atoms with Gasteiger partial charge in [0.15, 0.2) is 0 Å². The zero-order valence-corrected chi connectivity index (χ0v) is 20.5. The molecule has 0 bridgehead atoms. The lowest BCUT2D eigenvalue weighted by Gasteiger charge is -2.29. The number of aryl methyl sites for hydroxylation is 1. The van der Waals surface area contributed by atoms with Gasteiger partial charge in [-0.05, 0) is 70.8 Å². The zero-order valence-electron chi connectivity index (χ0n) is 19.0. The van der Waals surface area contributed by atoms with Crippen molar-refractivity contribution in [2.75, 3.05) is 4.90 Å². The average Bonchev–Trinajstić information content (AvgIpc) is 2.65. The SMILES string of the molecule is Cc1cc(Cl)c(Cl)c(N(c2ccc(C(C)(C)C)cc2)c2ccc(C(C)(C)C)cc2)c1. The molecule has 0 aliphatic rings. The third-order valence-electron chi connectivity index (χ3n) is 5.38. The fraction of sp³-hybridized carbons (Fsp3) is 0.333. The number of halogens is 2. The Morgan fingerprint density at radius 1 is 0.633 bits per heavy atom. The predicted molar refractivity (Wildman–Crippen MR) is 133 cm³/mol. The average molecular weight is 440 g/mol. The van der Waals surface area contributed by atoms with E-state index in [1.54, 1.807) is 0 Å². The Hall–Kier alpha value is -1.96. The van der Waals surface area contributed by atoms with Crippen LogP contribution in [0, 0.1) is 6.92 Å². The number of hydrogen-bond acceptors (Lipinski definition) is 1. The first-order valence-corrected chi connectivity index (χ1v) is 11.1. The van der Waals surface area contributed by atoms with Crippen molar-refractivity contribution >= 4 is 40.3 Å². The third-order valence-corrected chi connectivity index (χ3v) is 6.17. The number of anilines is 3. The quantitative estimate of drug-likeness (QED) is 0.392. The van der Waals surface area contributed by atoms with Crippen LogP contribution in [0.3, 0.4) is 0 Å². The summed E-state index contributed by atoms with van der Waals surface area (Å²) < 4.78 is 0. The molecule has 0 fully saturated rings. The first-order valence-electron chi connectivity index (χ1n) is 10.3. The molecule has 0 N–H and O–H groups in total. The number of hydrogen-bond donors (Lipinski definition) is 0. The van der Waals surface area contributed by atoms with E-state index in [0.717, 1.165) is 22.6 Å². The van der Waals surface area contributed by atoms with Crippen molar-refractivity contribution < 1.29 is 0 Å². The molecule has 3 rings (SSSR count). The van der Waals surface area contributed by atoms with Crippen molar-refractivity contribution in [3.05, 3.63) is 87.4 Å². The summed E-state index contributed by atoms with van der Waals surface area (Å²) in [5.74, 6) is 0. The molecule has 1 nitrogen and oxygen atoms in total. The van der Waals surface area contributed by atoms with Crippen LogP contribution in [0.25, 0.3) is 0 Å². The van der Waals surface area contributed by atoms with Crippen LogP contribution in [0.15, 0.2) is 60.7 Å². The molecule has 0 aliphatic heterocycles. The molecule has 0 amide bonds. The molecule has 0 spiro atoms. The normalized spacial score (nSPS) is 12.2. The monoisotopic (exact) mass is 439 g/mol. The maximum atomic E-state index is 6.69. The Kier molecular flexibility index (Phi) is 6.28. The van der Waals surface area contributed by atoms with Crippen molar-refractivity contribution in [3.8, 4) is 0 Å². The lowest BCUT2D eigenvalue weighted by atomic mass is 9.86. The second-order valence-corrected chi connectivity index (χ2v) is 10.8. The minimum absolute atomic E-state index is 0.0992. The van der Waals surface area contributed by atoms with Crippen LogP contribution in [0.2, 0.25) is 10.0 Å². The molecule has 0 unspecified atom stereocenters. The van der Waals surface area contributed by atoms with Crippen molar-refractivity contribution in [3.63, 3.8) is 0 Å². The molecule has 0 atom stereocenters. The molecule has 3 aromatic carbocycles. The Balaban J connectivity index is 2.17. The molecule has 0 aliphatic carbocycles. The van der Waals surface area contributed by atoms with E-state index in [1.807, 2.05) is 13.0 Å². The summed E-state index contributed by atoms with van der Waals surface area (Å²) in [6, 6.07) is 21.4. The minimum Gasteiger partial charge on any atom is -0.309 e. The summed E-state index contributed by atoms with van der Waals surface area (Å²) in [6.45, 7) is 15.4. The van der Waals surface area contributed by atoms with E-state index in [0.29, 0.717) is 10.0 Å². The topological polar surface area (TPSA) is 3.24 Å². The smallest absolute Gasteiger partial charge is 0.0832 e. The molecule has 0 saturated heterocycles. The van der Waals surface area contributed by atoms with Gasteiger partial charge in [0.25, 0.3) is 0 Å². The van der Waals surface area contributed by atoms with Crippen molar-refractivity contribution in [2.45, 2.75) is 59.3 Å². The fourth-order valence-electron chi connectivity index (χ4n) is 3.52. The third kappa shape index (κ3) is 4.85. The van der Waals surface area contributed by atoms with Gasteiger partial charge in [0.2, 0.25) is 0 Å². The van der Waals surface area contributed by atoms with Crippen LogP contribution in [0.4, 0.5) is 17.1 Å². The number of benzene rings is 3. The molecule has 3 aromatic rings. The van der Waals surface area contributed by atoms with Crippen molar-refractivity contribution in [1.29, 1.82) is 0 Å². The lowest BCUT2D eigenvalue weighted by Crippen LogP contribution is -2.14. The lowest BCUT2D eigenvalue weighted by molar-refractivity contribution is 0.590. The Morgan fingerprint density at radius 3 is 1.40 bits per heavy atom. The van der Waals surface area contributed by atoms with E-state index in [4.69, 9.17) is 23.2 Å². The van der Waals surface area contributed by atoms with Crippen LogP contribution in [0.1, 0.15) is 58.2 Å². The molecular weight excluding hydrogens is 409 g/mol. The van der Waals surface area contributed by atoms with Crippen LogP contribution in [-0.4, -0.2) is 0 Å². The molecule has 3 heteroatoms. The highest BCUT2D eigenvalue weighted by atomic mass is 35.5. The predicted octanol–water partition coefficient (Wildman–Crippen LogP) is 9.37. The molecule has 0 aromatic heterocycles. The van der Waals surface area contributed by atoms with Crippen LogP contribution in [0.5, 0.6) is 0 Å². The van der Waals surface area contributed by atoms with E-state index in [-0.39, 0.29) is 10.8 Å². The van der Waals surface area contributed by atoms with Gasteiger partial charge in [-0.25, -0.2) is 0 Å². The molecular formula is C27H31Cl2N. The van der Waals surface area contributed by atoms with E-state index < -0.39 is 0 Å². The second kappa shape index (κ2) is 8.29. The Labute approximate surface area is 191 Å². The zero-order chi connectivity index (χ0) is 22.3. The fourth-order valence-corrected chi connectivity index (χ4v) is 3.98. The highest BCUT2D eigenvalue weighted by molar-refractivity contribution is 6.44. The summed E-state index contributed by atoms with van der Waals surface area (Å²) in [4.78, 5) is 2.18. The largest absolute Gasteiger partial charge is 0.309 e. The highest BCUT2D eigenvalue weighted by Crippen LogP contribution is 2.43. The first kappa shape index (κ1) is 22.7. The summed E-state index contributed by atoms with van der Waals surface area (Å²) >= 11 is 13.1. The summed E-state index contributed by atoms with van der Waals surface area (Å²) in [7, 11) is 0. The maximum Gasteiger partial charge on any atom is 0.0832 e. The van der Waals surface area contributed by atoms with E-state index in [1.165, 1.54) is 11.1 Å². The van der Waals surface area contributed by atoms with E-state index in [2.05, 4.69) is 101 Å². The Bertz CT molecular complexity index is 963. The molecule has 158 valence electrons. The van der Waals surface area contributed by atoms with Gasteiger partial charge in [-0.15, -0.1) is 0 Å². The Morgan fingerprint density at radius 2 is 1.03 bits per heavy atom. The minimum atomic E-state index is 0.0992. The molecule has 0 radical (unpaired) electrons. The van der Waals surface area contributed by atoms with Gasteiger partial charge in [0.1, 0.15) is 0 Å². The van der Waals surface area contributed by atoms with E-state index in [9.17, 15) is 0 Å². The highest BCUT2D eigenvalue weighted by Gasteiger charge is 2.21. The second-order valence-electron chi connectivity index (χ2n) is 10.0. The molecule has 0 saturated carbocycles. The van der Waals surface area contributed by atoms with E-state index >= 15 is 0 Å². The van der Waals surface area contributed by atoms with Crippen molar-refractivity contribution in [2.24, 2.45) is 0 Å². The first-order chi connectivity index (χ1) is 13.9. The van der Waals surface area contributed by atoms with Gasteiger partial charge >= 0.3 is 0 Å². The summed E-state index contributed by atoms with van der Waals surface area (Å²) in [5, 5.41) is 1.12. The van der Waals surface area contributed by atoms with Crippen LogP contribution >= 0.6 is 23.2 Å². The van der Waals surface area contributed by atoms with Gasteiger partial charge in [0.05, 0.1) is 15.7 Å². The van der Waals surface area contributed by atoms with Gasteiger partial charge in [0, 0.05) is 11.4 Å². The van der Waals surface area contributed by atoms with Gasteiger partial charge in [-0.1, -0.05) is 89.0 Å². The standard InChI is InChI=1S/C27H31Cl2N/c1-18-16-23(28)25(29)24(17-18)30(21-12-8-19(9-13-21)26(2,3)4)22-14-10-20(11-15-22)27(5,6)7/h8-17H,1-7H3. The molecule has 30 heavy (non-hydrogen) atoms. The molecule has 0 heterocycles. The van der Waals surface area contributed by atoms with Crippen LogP contribution < -0.4 is 4.90 Å². The maximum absolute atomic E-state index is 6.69. The van der Waals surface area contributed by atoms with Crippen molar-refractivity contribution in [1.82, 2.24) is 0 Å². The number of nitrogens with zero attached hydrogens (tertiary/aromatic N) is 1. The summed E-state index contributed by atoms with van der Waals surface area (Å²) in [5.41, 5.74) is 6.84. The van der Waals surface area contributed by atoms with Gasteiger partial charge < -0.3 is 4.90 Å². The van der Waals surface area contributed by atoms with Crippen LogP contribution in [-0.2, 0) is 10.8 Å². The summed E-state index contributed by atoms with van der Waals surface area (Å²) in [6.07, 6.45) is 0. The van der Waals surface area contributed by atoms with Gasteiger partial charge in [-0.2, -0.15) is 0 Å². The number of rotatable bonds is 3.